The lowest BCUT2D eigenvalue weighted by Gasteiger charge is -2.08. The van der Waals surface area contributed by atoms with Crippen LogP contribution in [0.25, 0.3) is 0 Å². The zero-order chi connectivity index (χ0) is 9.68. The Morgan fingerprint density at radius 1 is 1.69 bits per heavy atom. The fraction of sp³-hybridized carbons (Fsp3) is 0.625. The zero-order valence-corrected chi connectivity index (χ0v) is 8.06. The molecule has 0 aliphatic carbocycles. The minimum atomic E-state index is 0.404. The predicted molar refractivity (Wildman–Crippen MR) is 49.9 cm³/mol. The third-order valence-corrected chi connectivity index (χ3v) is 1.68. The molecule has 72 valence electrons. The molecule has 1 aromatic rings. The number of aryl methyl sites for hydroxylation is 1. The Hall–Kier alpha value is -1.23. The summed E-state index contributed by atoms with van der Waals surface area (Å²) in [6, 6.07) is 0.404. The van der Waals surface area contributed by atoms with Gasteiger partial charge in [-0.2, -0.15) is 4.80 Å². The molecule has 0 aliphatic rings. The highest BCUT2D eigenvalue weighted by Gasteiger charge is 2.02. The van der Waals surface area contributed by atoms with Crippen LogP contribution in [0.5, 0.6) is 0 Å². The molecule has 0 saturated carbocycles. The maximum atomic E-state index is 4.05. The second-order valence-corrected chi connectivity index (χ2v) is 3.00. The number of hydrogen-bond acceptors (Lipinski definition) is 4. The summed E-state index contributed by atoms with van der Waals surface area (Å²) in [4.78, 5) is 1.45. The van der Waals surface area contributed by atoms with Crippen molar-refractivity contribution >= 4 is 0 Å². The van der Waals surface area contributed by atoms with Crippen LogP contribution in [0, 0.1) is 0 Å². The van der Waals surface area contributed by atoms with Gasteiger partial charge in [-0.15, -0.1) is 16.8 Å². The fourth-order valence-electron chi connectivity index (χ4n) is 0.993. The van der Waals surface area contributed by atoms with Crippen LogP contribution in [-0.2, 0) is 13.6 Å². The van der Waals surface area contributed by atoms with E-state index in [4.69, 9.17) is 0 Å². The van der Waals surface area contributed by atoms with Gasteiger partial charge in [-0.1, -0.05) is 6.08 Å². The lowest BCUT2D eigenvalue weighted by atomic mass is 10.2. The van der Waals surface area contributed by atoms with E-state index in [0.717, 1.165) is 12.2 Å². The second kappa shape index (κ2) is 4.71. The molecular weight excluding hydrogens is 166 g/mol. The summed E-state index contributed by atoms with van der Waals surface area (Å²) in [5.41, 5.74) is 0. The average Bonchev–Trinajstić information content (AvgIpc) is 2.49. The summed E-state index contributed by atoms with van der Waals surface area (Å²) in [6.07, 6.45) is 2.84. The van der Waals surface area contributed by atoms with Crippen LogP contribution >= 0.6 is 0 Å². The van der Waals surface area contributed by atoms with Gasteiger partial charge in [-0.3, -0.25) is 0 Å². The molecule has 0 saturated heterocycles. The standard InChI is InChI=1S/C8H15N5/c1-4-5-7(2)9-6-8-10-12-13(3)11-8/h4,7,9H,1,5-6H2,2-3H3. The van der Waals surface area contributed by atoms with Crippen LogP contribution in [0.15, 0.2) is 12.7 Å². The highest BCUT2D eigenvalue weighted by atomic mass is 15.6. The molecule has 13 heavy (non-hydrogen) atoms. The highest BCUT2D eigenvalue weighted by molar-refractivity contribution is 4.79. The normalized spacial score (nSPS) is 12.8. The van der Waals surface area contributed by atoms with Crippen molar-refractivity contribution in [2.75, 3.05) is 0 Å². The Labute approximate surface area is 77.8 Å². The van der Waals surface area contributed by atoms with Gasteiger partial charge in [0, 0.05) is 6.04 Å². The Bertz CT molecular complexity index is 267. The highest BCUT2D eigenvalue weighted by Crippen LogP contribution is 1.92. The van der Waals surface area contributed by atoms with Crippen LogP contribution in [0.3, 0.4) is 0 Å². The first-order chi connectivity index (χ1) is 6.22. The van der Waals surface area contributed by atoms with E-state index < -0.39 is 0 Å². The molecule has 0 radical (unpaired) electrons. The van der Waals surface area contributed by atoms with Crippen LogP contribution in [-0.4, -0.2) is 26.2 Å². The number of tetrazole rings is 1. The molecule has 0 aromatic carbocycles. The molecule has 1 rings (SSSR count). The van der Waals surface area contributed by atoms with Crippen LogP contribution in [0.1, 0.15) is 19.2 Å². The Kier molecular flexibility index (Phi) is 3.57. The molecule has 1 heterocycles. The smallest absolute Gasteiger partial charge is 0.188 e. The molecule has 1 aromatic heterocycles. The molecule has 1 N–H and O–H groups in total. The van der Waals surface area contributed by atoms with E-state index in [1.165, 1.54) is 4.80 Å². The summed E-state index contributed by atoms with van der Waals surface area (Å²) < 4.78 is 0. The number of nitrogens with one attached hydrogen (secondary N) is 1. The van der Waals surface area contributed by atoms with Crippen molar-refractivity contribution in [3.8, 4) is 0 Å². The van der Waals surface area contributed by atoms with Gasteiger partial charge in [-0.25, -0.2) is 0 Å². The maximum Gasteiger partial charge on any atom is 0.188 e. The molecule has 1 atom stereocenters. The van der Waals surface area contributed by atoms with Crippen LogP contribution in [0.2, 0.25) is 0 Å². The Balaban J connectivity index is 2.30. The number of rotatable bonds is 5. The van der Waals surface area contributed by atoms with E-state index >= 15 is 0 Å². The summed E-state index contributed by atoms with van der Waals surface area (Å²) in [5.74, 6) is 0.721. The molecule has 0 fully saturated rings. The third-order valence-electron chi connectivity index (χ3n) is 1.68. The molecule has 0 aliphatic heterocycles. The first kappa shape index (κ1) is 9.85. The zero-order valence-electron chi connectivity index (χ0n) is 8.06. The van der Waals surface area contributed by atoms with Crippen molar-refractivity contribution in [2.45, 2.75) is 25.9 Å². The Morgan fingerprint density at radius 3 is 3.00 bits per heavy atom. The van der Waals surface area contributed by atoms with E-state index in [1.807, 2.05) is 6.08 Å². The van der Waals surface area contributed by atoms with E-state index in [9.17, 15) is 0 Å². The van der Waals surface area contributed by atoms with Gasteiger partial charge in [0.1, 0.15) is 0 Å². The number of aromatic nitrogens is 4. The summed E-state index contributed by atoms with van der Waals surface area (Å²) >= 11 is 0. The van der Waals surface area contributed by atoms with Gasteiger partial charge < -0.3 is 5.32 Å². The van der Waals surface area contributed by atoms with Crippen molar-refractivity contribution in [2.24, 2.45) is 7.05 Å². The lowest BCUT2D eigenvalue weighted by molar-refractivity contribution is 0.538. The van der Waals surface area contributed by atoms with Crippen molar-refractivity contribution in [3.05, 3.63) is 18.5 Å². The SMILES string of the molecule is C=CCC(C)NCc1nnn(C)n1. The third kappa shape index (κ3) is 3.33. The molecule has 5 heteroatoms. The van der Waals surface area contributed by atoms with Gasteiger partial charge in [0.25, 0.3) is 0 Å². The van der Waals surface area contributed by atoms with Gasteiger partial charge in [0.15, 0.2) is 5.82 Å². The molecule has 5 nitrogen and oxygen atoms in total. The maximum absolute atomic E-state index is 4.05. The van der Waals surface area contributed by atoms with Crippen molar-refractivity contribution in [1.29, 1.82) is 0 Å². The fourth-order valence-corrected chi connectivity index (χ4v) is 0.993. The first-order valence-corrected chi connectivity index (χ1v) is 4.29. The van der Waals surface area contributed by atoms with Crippen molar-refractivity contribution < 1.29 is 0 Å². The molecule has 1 unspecified atom stereocenters. The molecule has 0 spiro atoms. The van der Waals surface area contributed by atoms with E-state index in [0.29, 0.717) is 12.6 Å². The molecule has 0 bridgehead atoms. The van der Waals surface area contributed by atoms with E-state index in [1.54, 1.807) is 7.05 Å². The van der Waals surface area contributed by atoms with Gasteiger partial charge in [-0.05, 0) is 18.6 Å². The van der Waals surface area contributed by atoms with Gasteiger partial charge in [0.05, 0.1) is 13.6 Å². The topological polar surface area (TPSA) is 55.6 Å². The first-order valence-electron chi connectivity index (χ1n) is 4.29. The summed E-state index contributed by atoms with van der Waals surface area (Å²) in [6.45, 7) is 6.42. The summed E-state index contributed by atoms with van der Waals surface area (Å²) in [5, 5.41) is 14.9. The Morgan fingerprint density at radius 2 is 2.46 bits per heavy atom. The lowest BCUT2D eigenvalue weighted by Crippen LogP contribution is -2.25. The van der Waals surface area contributed by atoms with Crippen molar-refractivity contribution in [3.63, 3.8) is 0 Å². The van der Waals surface area contributed by atoms with Gasteiger partial charge in [0.2, 0.25) is 0 Å². The minimum Gasteiger partial charge on any atom is -0.307 e. The van der Waals surface area contributed by atoms with Crippen molar-refractivity contribution in [1.82, 2.24) is 25.5 Å². The largest absolute Gasteiger partial charge is 0.307 e. The number of hydrogen-bond donors (Lipinski definition) is 1. The quantitative estimate of drug-likeness (QED) is 0.662. The average molecular weight is 181 g/mol. The van der Waals surface area contributed by atoms with Gasteiger partial charge >= 0.3 is 0 Å². The minimum absolute atomic E-state index is 0.404. The van der Waals surface area contributed by atoms with Crippen LogP contribution < -0.4 is 5.32 Å². The molecule has 0 amide bonds. The van der Waals surface area contributed by atoms with Crippen LogP contribution in [0.4, 0.5) is 0 Å². The second-order valence-electron chi connectivity index (χ2n) is 3.00. The molecular formula is C8H15N5. The van der Waals surface area contributed by atoms with E-state index in [2.05, 4.69) is 34.2 Å². The summed E-state index contributed by atoms with van der Waals surface area (Å²) in [7, 11) is 1.75. The van der Waals surface area contributed by atoms with E-state index in [-0.39, 0.29) is 0 Å². The number of nitrogens with zero attached hydrogens (tertiary/aromatic N) is 4. The predicted octanol–water partition coefficient (Wildman–Crippen LogP) is 0.264. The monoisotopic (exact) mass is 181 g/mol.